The Morgan fingerprint density at radius 2 is 1.77 bits per heavy atom. The van der Waals surface area contributed by atoms with Gasteiger partial charge in [0.1, 0.15) is 6.04 Å². The zero-order valence-electron chi connectivity index (χ0n) is 18.2. The van der Waals surface area contributed by atoms with Gasteiger partial charge in [-0.05, 0) is 51.3 Å². The first-order valence-electron chi connectivity index (χ1n) is 10.8. The molecule has 0 radical (unpaired) electrons. The van der Waals surface area contributed by atoms with Crippen LogP contribution in [0.3, 0.4) is 0 Å². The molecule has 1 N–H and O–H groups in total. The van der Waals surface area contributed by atoms with E-state index in [9.17, 15) is 9.59 Å². The van der Waals surface area contributed by atoms with Gasteiger partial charge in [-0.25, -0.2) is 0 Å². The van der Waals surface area contributed by atoms with E-state index in [2.05, 4.69) is 23.5 Å². The van der Waals surface area contributed by atoms with Gasteiger partial charge in [0.15, 0.2) is 0 Å². The zero-order chi connectivity index (χ0) is 21.5. The van der Waals surface area contributed by atoms with Crippen LogP contribution in [0.5, 0.6) is 0 Å². The normalized spacial score (nSPS) is 15.0. The molecule has 2 aromatic rings. The highest BCUT2D eigenvalue weighted by molar-refractivity contribution is 8.00. The molecule has 0 aliphatic heterocycles. The van der Waals surface area contributed by atoms with Crippen LogP contribution in [-0.2, 0) is 16.1 Å². The number of aryl methyl sites for hydroxylation is 2. The maximum atomic E-state index is 13.2. The van der Waals surface area contributed by atoms with E-state index in [0.717, 1.165) is 28.9 Å². The number of thioether (sulfide) groups is 1. The summed E-state index contributed by atoms with van der Waals surface area (Å²) in [6.07, 6.45) is 4.40. The van der Waals surface area contributed by atoms with Gasteiger partial charge in [-0.2, -0.15) is 0 Å². The average molecular weight is 425 g/mol. The molecular weight excluding hydrogens is 392 g/mol. The fourth-order valence-electron chi connectivity index (χ4n) is 3.84. The monoisotopic (exact) mass is 424 g/mol. The van der Waals surface area contributed by atoms with Crippen molar-refractivity contribution in [1.82, 2.24) is 10.2 Å². The Kier molecular flexibility index (Phi) is 7.97. The maximum Gasteiger partial charge on any atom is 0.242 e. The number of benzene rings is 2. The average Bonchev–Trinajstić information content (AvgIpc) is 3.24. The van der Waals surface area contributed by atoms with E-state index in [-0.39, 0.29) is 17.9 Å². The van der Waals surface area contributed by atoms with Crippen molar-refractivity contribution in [3.8, 4) is 0 Å². The first-order valence-corrected chi connectivity index (χ1v) is 11.8. The summed E-state index contributed by atoms with van der Waals surface area (Å²) in [5.74, 6) is 0.245. The summed E-state index contributed by atoms with van der Waals surface area (Å²) in [4.78, 5) is 28.9. The maximum absolute atomic E-state index is 13.2. The van der Waals surface area contributed by atoms with Crippen LogP contribution in [0, 0.1) is 13.8 Å². The second-order valence-corrected chi connectivity index (χ2v) is 9.33. The van der Waals surface area contributed by atoms with Crippen LogP contribution >= 0.6 is 11.8 Å². The van der Waals surface area contributed by atoms with Crippen molar-refractivity contribution in [2.75, 3.05) is 5.75 Å². The van der Waals surface area contributed by atoms with E-state index in [1.54, 1.807) is 4.90 Å². The molecule has 0 heterocycles. The quantitative estimate of drug-likeness (QED) is 0.615. The van der Waals surface area contributed by atoms with E-state index < -0.39 is 6.04 Å². The molecule has 1 saturated carbocycles. The second-order valence-electron chi connectivity index (χ2n) is 8.28. The van der Waals surface area contributed by atoms with Gasteiger partial charge in [-0.15, -0.1) is 11.8 Å². The van der Waals surface area contributed by atoms with Crippen molar-refractivity contribution in [2.24, 2.45) is 0 Å². The van der Waals surface area contributed by atoms with Gasteiger partial charge < -0.3 is 10.2 Å². The van der Waals surface area contributed by atoms with Crippen molar-refractivity contribution in [1.29, 1.82) is 0 Å². The van der Waals surface area contributed by atoms with Crippen LogP contribution in [0.4, 0.5) is 0 Å². The third-order valence-electron chi connectivity index (χ3n) is 5.69. The predicted molar refractivity (Wildman–Crippen MR) is 123 cm³/mol. The number of carbonyl (C=O) groups excluding carboxylic acids is 2. The number of amides is 2. The summed E-state index contributed by atoms with van der Waals surface area (Å²) >= 11 is 1.52. The van der Waals surface area contributed by atoms with Gasteiger partial charge in [0.25, 0.3) is 0 Å². The van der Waals surface area contributed by atoms with E-state index >= 15 is 0 Å². The standard InChI is InChI=1S/C25H32N2O2S/c1-18-11-13-23(14-12-18)30-17-24(28)27(16-21-8-6-7-19(2)15-21)20(3)25(29)26-22-9-4-5-10-22/h6-8,11-15,20,22H,4-5,9-10,16-17H2,1-3H3,(H,26,29). The topological polar surface area (TPSA) is 49.4 Å². The molecule has 5 heteroatoms. The highest BCUT2D eigenvalue weighted by Crippen LogP contribution is 2.21. The molecule has 2 amide bonds. The molecule has 1 aliphatic carbocycles. The van der Waals surface area contributed by atoms with Crippen LogP contribution in [-0.4, -0.2) is 34.6 Å². The molecule has 1 aliphatic rings. The third-order valence-corrected chi connectivity index (χ3v) is 6.68. The lowest BCUT2D eigenvalue weighted by Gasteiger charge is -2.30. The Labute approximate surface area is 184 Å². The number of hydrogen-bond donors (Lipinski definition) is 1. The smallest absolute Gasteiger partial charge is 0.242 e. The predicted octanol–water partition coefficient (Wildman–Crippen LogP) is 4.87. The molecule has 0 aromatic heterocycles. The number of hydrogen-bond acceptors (Lipinski definition) is 3. The minimum Gasteiger partial charge on any atom is -0.352 e. The van der Waals surface area contributed by atoms with Gasteiger partial charge in [0.05, 0.1) is 5.75 Å². The number of carbonyl (C=O) groups is 2. The molecule has 0 saturated heterocycles. The van der Waals surface area contributed by atoms with E-state index in [4.69, 9.17) is 0 Å². The first kappa shape index (κ1) is 22.4. The molecule has 0 spiro atoms. The van der Waals surface area contributed by atoms with E-state index in [0.29, 0.717) is 12.3 Å². The Hall–Kier alpha value is -2.27. The highest BCUT2D eigenvalue weighted by atomic mass is 32.2. The summed E-state index contributed by atoms with van der Waals surface area (Å²) in [7, 11) is 0. The summed E-state index contributed by atoms with van der Waals surface area (Å²) in [5.41, 5.74) is 3.39. The lowest BCUT2D eigenvalue weighted by molar-refractivity contribution is -0.138. The molecule has 1 unspecified atom stereocenters. The van der Waals surface area contributed by atoms with Crippen LogP contribution in [0.25, 0.3) is 0 Å². The Balaban J connectivity index is 1.70. The lowest BCUT2D eigenvalue weighted by atomic mass is 10.1. The Morgan fingerprint density at radius 3 is 2.43 bits per heavy atom. The fourth-order valence-corrected chi connectivity index (χ4v) is 4.63. The van der Waals surface area contributed by atoms with Gasteiger partial charge >= 0.3 is 0 Å². The molecule has 30 heavy (non-hydrogen) atoms. The van der Waals surface area contributed by atoms with Gasteiger partial charge in [-0.3, -0.25) is 9.59 Å². The van der Waals surface area contributed by atoms with Gasteiger partial charge in [0.2, 0.25) is 11.8 Å². The zero-order valence-corrected chi connectivity index (χ0v) is 19.0. The SMILES string of the molecule is Cc1ccc(SCC(=O)N(Cc2cccc(C)c2)C(C)C(=O)NC2CCCC2)cc1. The van der Waals surface area contributed by atoms with Crippen molar-refractivity contribution in [3.63, 3.8) is 0 Å². The number of nitrogens with zero attached hydrogens (tertiary/aromatic N) is 1. The summed E-state index contributed by atoms with van der Waals surface area (Å²) in [6, 6.07) is 16.1. The molecule has 3 rings (SSSR count). The minimum atomic E-state index is -0.503. The minimum absolute atomic E-state index is 0.0175. The number of rotatable bonds is 8. The number of nitrogens with one attached hydrogen (secondary N) is 1. The van der Waals surface area contributed by atoms with Crippen molar-refractivity contribution in [2.45, 2.75) is 70.0 Å². The van der Waals surface area contributed by atoms with Crippen LogP contribution in [0.2, 0.25) is 0 Å². The second kappa shape index (κ2) is 10.7. The Bertz CT molecular complexity index is 860. The van der Waals surface area contributed by atoms with E-state index in [1.807, 2.05) is 51.1 Å². The van der Waals surface area contributed by atoms with Crippen LogP contribution in [0.15, 0.2) is 53.4 Å². The molecular formula is C25H32N2O2S. The molecule has 160 valence electrons. The molecule has 1 atom stereocenters. The fraction of sp³-hybridized carbons (Fsp3) is 0.440. The molecule has 4 nitrogen and oxygen atoms in total. The Morgan fingerprint density at radius 1 is 1.07 bits per heavy atom. The molecule has 1 fully saturated rings. The van der Waals surface area contributed by atoms with Crippen LogP contribution in [0.1, 0.15) is 49.3 Å². The van der Waals surface area contributed by atoms with Crippen molar-refractivity contribution >= 4 is 23.6 Å². The summed E-state index contributed by atoms with van der Waals surface area (Å²) in [6.45, 7) is 6.37. The summed E-state index contributed by atoms with van der Waals surface area (Å²) in [5, 5.41) is 3.15. The summed E-state index contributed by atoms with van der Waals surface area (Å²) < 4.78 is 0. The van der Waals surface area contributed by atoms with Crippen LogP contribution < -0.4 is 5.32 Å². The first-order chi connectivity index (χ1) is 14.4. The third kappa shape index (κ3) is 6.36. The lowest BCUT2D eigenvalue weighted by Crippen LogP contribution is -2.50. The van der Waals surface area contributed by atoms with Gasteiger partial charge in [0, 0.05) is 17.5 Å². The van der Waals surface area contributed by atoms with Gasteiger partial charge in [-0.1, -0.05) is 60.4 Å². The largest absolute Gasteiger partial charge is 0.352 e. The van der Waals surface area contributed by atoms with Crippen molar-refractivity contribution in [3.05, 3.63) is 65.2 Å². The van der Waals surface area contributed by atoms with Crippen molar-refractivity contribution < 1.29 is 9.59 Å². The van der Waals surface area contributed by atoms with E-state index in [1.165, 1.54) is 30.2 Å². The molecule has 0 bridgehead atoms. The highest BCUT2D eigenvalue weighted by Gasteiger charge is 2.28. The molecule has 2 aromatic carbocycles.